The van der Waals surface area contributed by atoms with E-state index in [0.717, 1.165) is 43.5 Å². The van der Waals surface area contributed by atoms with Crippen molar-refractivity contribution in [3.05, 3.63) is 101 Å². The maximum atomic E-state index is 12.0. The van der Waals surface area contributed by atoms with Crippen molar-refractivity contribution in [3.8, 4) is 0 Å². The van der Waals surface area contributed by atoms with Crippen LogP contribution in [0.25, 0.3) is 16.9 Å². The Bertz CT molecular complexity index is 1200. The van der Waals surface area contributed by atoms with E-state index in [9.17, 15) is 5.53 Å². The Morgan fingerprint density at radius 2 is 0.886 bits per heavy atom. The summed E-state index contributed by atoms with van der Waals surface area (Å²) >= 11 is 0. The molecule has 44 heavy (non-hydrogen) atoms. The summed E-state index contributed by atoms with van der Waals surface area (Å²) in [6.07, 6.45) is 20.4. The van der Waals surface area contributed by atoms with Gasteiger partial charge in [0.15, 0.2) is 0 Å². The van der Waals surface area contributed by atoms with Gasteiger partial charge < -0.3 is 20.4 Å². The molecule has 0 aromatic heterocycles. The van der Waals surface area contributed by atoms with Crippen LogP contribution in [0.1, 0.15) is 158 Å². The second-order valence-corrected chi connectivity index (χ2v) is 12.3. The summed E-state index contributed by atoms with van der Waals surface area (Å²) in [4.78, 5) is 0. The first-order valence-electron chi connectivity index (χ1n) is 17.2. The van der Waals surface area contributed by atoms with E-state index in [4.69, 9.17) is 0 Å². The second-order valence-electron chi connectivity index (χ2n) is 12.3. The maximum Gasteiger partial charge on any atom is 2.00 e. The fourth-order valence-corrected chi connectivity index (χ4v) is 6.40. The van der Waals surface area contributed by atoms with Gasteiger partial charge in [-0.1, -0.05) is 105 Å². The number of allylic oxidation sites excluding steroid dienone is 2. The number of nitrogens with zero attached hydrogens (tertiary/aromatic N) is 2. The molecule has 1 heterocycles. The van der Waals surface area contributed by atoms with Crippen LogP contribution < -0.4 is 0 Å². The van der Waals surface area contributed by atoms with E-state index < -0.39 is 0 Å². The van der Waals surface area contributed by atoms with Crippen LogP contribution in [0, 0.1) is 14.9 Å². The zero-order valence-corrected chi connectivity index (χ0v) is 30.7. The number of benzene rings is 2. The van der Waals surface area contributed by atoms with Gasteiger partial charge in [-0.3, -0.25) is 0 Å². The number of hydrogen-bond donors (Lipinski definition) is 0. The van der Waals surface area contributed by atoms with Crippen molar-refractivity contribution in [2.75, 3.05) is 0 Å². The first-order chi connectivity index (χ1) is 20.0. The van der Waals surface area contributed by atoms with Crippen LogP contribution in [0.3, 0.4) is 0 Å². The molecule has 0 radical (unpaired) electrons. The van der Waals surface area contributed by atoms with Gasteiger partial charge in [0.05, 0.1) is 0 Å². The Hall–Kier alpha value is -1.99. The van der Waals surface area contributed by atoms with E-state index in [1.807, 2.05) is 0 Å². The minimum atomic E-state index is 0. The van der Waals surface area contributed by atoms with Crippen LogP contribution >= 0.6 is 0 Å². The molecule has 0 unspecified atom stereocenters. The van der Waals surface area contributed by atoms with Gasteiger partial charge in [-0.25, -0.2) is 4.70 Å². The van der Waals surface area contributed by atoms with Crippen LogP contribution in [0.5, 0.6) is 0 Å². The van der Waals surface area contributed by atoms with Crippen LogP contribution in [-0.4, -0.2) is 4.70 Å². The van der Waals surface area contributed by atoms with Crippen LogP contribution in [-0.2, 0) is 42.2 Å². The van der Waals surface area contributed by atoms with Gasteiger partial charge >= 0.3 is 16.5 Å². The quantitative estimate of drug-likeness (QED) is 0.0630. The van der Waals surface area contributed by atoms with E-state index >= 15 is 0 Å². The Kier molecular flexibility index (Phi) is 21.5. The van der Waals surface area contributed by atoms with Gasteiger partial charge in [0.1, 0.15) is 0 Å². The minimum absolute atomic E-state index is 0. The molecule has 0 saturated carbocycles. The number of aryl methyl sites for hydroxylation is 4. The molecule has 0 atom stereocenters. The van der Waals surface area contributed by atoms with Gasteiger partial charge in [0.2, 0.25) is 11.4 Å². The molecule has 1 aliphatic heterocycles. The zero-order valence-electron chi connectivity index (χ0n) is 29.7. The molecule has 0 spiro atoms. The number of rotatable bonds is 19. The summed E-state index contributed by atoms with van der Waals surface area (Å²) in [5.74, 6) is 0. The molecule has 2 aromatic rings. The zero-order chi connectivity index (χ0) is 29.6. The molecule has 0 fully saturated rings. The fourth-order valence-electron chi connectivity index (χ4n) is 6.40. The Labute approximate surface area is 283 Å². The van der Waals surface area contributed by atoms with Crippen LogP contribution in [0.2, 0.25) is 0 Å². The summed E-state index contributed by atoms with van der Waals surface area (Å²) in [6, 6.07) is 14.1. The van der Waals surface area contributed by atoms with E-state index in [0.29, 0.717) is 0 Å². The normalized spacial score (nSPS) is 12.7. The second kappa shape index (κ2) is 22.5. The van der Waals surface area contributed by atoms with Crippen molar-refractivity contribution >= 4 is 11.4 Å². The van der Waals surface area contributed by atoms with Crippen LogP contribution in [0.15, 0.2) is 47.5 Å². The molecule has 1 aliphatic rings. The molecule has 0 aliphatic carbocycles. The summed E-state index contributed by atoms with van der Waals surface area (Å²) in [5, 5.41) is 0. The first kappa shape index (κ1) is 42.0. The molecule has 3 heteroatoms. The van der Waals surface area contributed by atoms with Crippen LogP contribution in [0.4, 0.5) is 0 Å². The Morgan fingerprint density at radius 3 is 1.30 bits per heavy atom. The van der Waals surface area contributed by atoms with Gasteiger partial charge in [0, 0.05) is 22.3 Å². The van der Waals surface area contributed by atoms with Crippen molar-refractivity contribution in [1.82, 2.24) is 0 Å². The van der Waals surface area contributed by atoms with E-state index in [-0.39, 0.29) is 31.3 Å². The average Bonchev–Trinajstić information content (AvgIpc) is 3.23. The molecule has 0 saturated heterocycles. The topological polar surface area (TPSA) is 25.3 Å². The first-order valence-corrected chi connectivity index (χ1v) is 17.2. The monoisotopic (exact) mass is 642 g/mol. The van der Waals surface area contributed by atoms with E-state index in [2.05, 4.69) is 77.9 Å². The van der Waals surface area contributed by atoms with Gasteiger partial charge in [-0.15, -0.1) is 0 Å². The van der Waals surface area contributed by atoms with Gasteiger partial charge in [-0.05, 0) is 105 Å². The number of hydrogen-bond acceptors (Lipinski definition) is 0. The van der Waals surface area contributed by atoms with E-state index in [1.165, 1.54) is 122 Å². The summed E-state index contributed by atoms with van der Waals surface area (Å²) < 4.78 is 1.57. The van der Waals surface area contributed by atoms with Crippen molar-refractivity contribution in [3.63, 3.8) is 0 Å². The summed E-state index contributed by atoms with van der Waals surface area (Å²) in [5.41, 5.74) is 24.5. The molecular weight excluding hydrogens is 579 g/mol. The molecule has 3 rings (SSSR count). The predicted octanol–water partition coefficient (Wildman–Crippen LogP) is 13.1. The third kappa shape index (κ3) is 11.7. The molecule has 2 aromatic carbocycles. The maximum absolute atomic E-state index is 12.0. The molecule has 2 nitrogen and oxygen atoms in total. The van der Waals surface area contributed by atoms with Gasteiger partial charge in [-0.2, -0.15) is 0 Å². The summed E-state index contributed by atoms with van der Waals surface area (Å²) in [7, 11) is 0. The third-order valence-corrected chi connectivity index (χ3v) is 8.90. The largest absolute Gasteiger partial charge is 2.00 e. The fraction of sp³-hybridized carbons (Fsp3) is 0.561. The smallest absolute Gasteiger partial charge is 0.493 e. The summed E-state index contributed by atoms with van der Waals surface area (Å²) in [6.45, 7) is 13.6. The van der Waals surface area contributed by atoms with Gasteiger partial charge in [0.25, 0.3) is 0 Å². The molecule has 0 bridgehead atoms. The molecule has 0 N–H and O–H groups in total. The Balaban J connectivity index is 0.00000616. The standard InChI is InChI=1S/C39H58N2.2CH3.Ni/c1-7-12-15-18-21-33-24-31(10-4)26-35(28-33)38-30(6)37(23-20-17-14-9-3)39(41(38)40)36-27-32(11-5)25-34(29-36)22-19-16-13-8-2;;;/h24-29H,7-23H2,1-6H3;2*1H3;/q;2*-1;+2. The van der Waals surface area contributed by atoms with Crippen molar-refractivity contribution in [2.45, 2.75) is 151 Å². The SMILES string of the molecule is CCCCCCC1=C(c2cc(CC)cc(CCCCCC)c2)[N+](=[N-])C(c2cc(CC)cc(CCCCCC)c2)=C1C.[CH3-].[CH3-].[Ni+2]. The average molecular weight is 644 g/mol. The number of unbranched alkanes of at least 4 members (excludes halogenated alkanes) is 9. The molecule has 0 amide bonds. The van der Waals surface area contributed by atoms with E-state index in [1.54, 1.807) is 4.70 Å². The molecular formula is C41H64N2Ni. The minimum Gasteiger partial charge on any atom is -0.493 e. The third-order valence-electron chi connectivity index (χ3n) is 8.90. The Morgan fingerprint density at radius 1 is 0.500 bits per heavy atom. The van der Waals surface area contributed by atoms with Crippen molar-refractivity contribution in [1.29, 1.82) is 0 Å². The molecule has 248 valence electrons. The predicted molar refractivity (Wildman–Crippen MR) is 192 cm³/mol. The van der Waals surface area contributed by atoms with Crippen molar-refractivity contribution in [2.24, 2.45) is 0 Å². The van der Waals surface area contributed by atoms with Crippen molar-refractivity contribution < 1.29 is 21.2 Å².